The lowest BCUT2D eigenvalue weighted by Crippen LogP contribution is -2.27. The molecule has 196 valence electrons. The highest BCUT2D eigenvalue weighted by Gasteiger charge is 2.17. The fourth-order valence-corrected chi connectivity index (χ4v) is 5.32. The van der Waals surface area contributed by atoms with Gasteiger partial charge in [0, 0.05) is 28.7 Å². The van der Waals surface area contributed by atoms with Crippen molar-refractivity contribution in [2.24, 2.45) is 0 Å². The van der Waals surface area contributed by atoms with Crippen LogP contribution in [0.5, 0.6) is 0 Å². The Hall–Kier alpha value is -4.64. The van der Waals surface area contributed by atoms with Crippen molar-refractivity contribution < 1.29 is 14.7 Å². The van der Waals surface area contributed by atoms with Crippen molar-refractivity contribution in [3.05, 3.63) is 130 Å². The molecule has 0 bridgehead atoms. The monoisotopic (exact) mass is 516 g/mol. The van der Waals surface area contributed by atoms with Crippen molar-refractivity contribution in [2.75, 3.05) is 0 Å². The van der Waals surface area contributed by atoms with Crippen LogP contribution in [0.25, 0.3) is 22.0 Å². The number of aromatic nitrogens is 1. The van der Waals surface area contributed by atoms with Gasteiger partial charge in [-0.2, -0.15) is 0 Å². The van der Waals surface area contributed by atoms with Gasteiger partial charge in [-0.15, -0.1) is 0 Å². The molecule has 5 heteroatoms. The zero-order chi connectivity index (χ0) is 27.7. The van der Waals surface area contributed by atoms with E-state index in [1.807, 2.05) is 73.7 Å². The lowest BCUT2D eigenvalue weighted by Gasteiger charge is -2.16. The number of carboxylic acids is 1. The largest absolute Gasteiger partial charge is 0.478 e. The van der Waals surface area contributed by atoms with E-state index in [0.29, 0.717) is 23.2 Å². The summed E-state index contributed by atoms with van der Waals surface area (Å²) >= 11 is 0. The summed E-state index contributed by atoms with van der Waals surface area (Å²) in [6, 6.07) is 29.0. The molecular formula is C34H32N2O3. The third-order valence-corrected chi connectivity index (χ3v) is 7.67. The Morgan fingerprint density at radius 3 is 2.28 bits per heavy atom. The SMILES string of the molecule is Cc1ccccc1C(C)NC(=O)c1ccc2c(c1)c(C)c(C)n2Cc1ccc(-c2ccccc2C(=O)O)cc1. The van der Waals surface area contributed by atoms with Crippen molar-refractivity contribution in [1.29, 1.82) is 0 Å². The number of carbonyl (C=O) groups is 2. The molecule has 1 heterocycles. The van der Waals surface area contributed by atoms with Gasteiger partial charge in [-0.3, -0.25) is 4.79 Å². The Kier molecular flexibility index (Phi) is 7.07. The Labute approximate surface area is 228 Å². The Morgan fingerprint density at radius 2 is 1.56 bits per heavy atom. The van der Waals surface area contributed by atoms with E-state index < -0.39 is 5.97 Å². The Bertz CT molecular complexity index is 1700. The molecular weight excluding hydrogens is 484 g/mol. The quantitative estimate of drug-likeness (QED) is 0.236. The summed E-state index contributed by atoms with van der Waals surface area (Å²) in [6.07, 6.45) is 0. The number of amides is 1. The van der Waals surface area contributed by atoms with Gasteiger partial charge in [-0.1, -0.05) is 66.7 Å². The molecule has 0 saturated carbocycles. The van der Waals surface area contributed by atoms with Gasteiger partial charge in [-0.05, 0) is 85.3 Å². The van der Waals surface area contributed by atoms with Crippen LogP contribution in [0.15, 0.2) is 91.0 Å². The average molecular weight is 517 g/mol. The van der Waals surface area contributed by atoms with E-state index in [1.165, 1.54) is 0 Å². The van der Waals surface area contributed by atoms with Crippen LogP contribution >= 0.6 is 0 Å². The number of nitrogens with one attached hydrogen (secondary N) is 1. The summed E-state index contributed by atoms with van der Waals surface area (Å²) in [5, 5.41) is 13.8. The first kappa shape index (κ1) is 26.0. The summed E-state index contributed by atoms with van der Waals surface area (Å²) in [4.78, 5) is 24.8. The first-order chi connectivity index (χ1) is 18.7. The summed E-state index contributed by atoms with van der Waals surface area (Å²) in [5.74, 6) is -1.02. The molecule has 2 N–H and O–H groups in total. The first-order valence-corrected chi connectivity index (χ1v) is 13.1. The second-order valence-electron chi connectivity index (χ2n) is 10.1. The van der Waals surface area contributed by atoms with Crippen LogP contribution in [0, 0.1) is 20.8 Å². The van der Waals surface area contributed by atoms with Crippen LogP contribution in [0.4, 0.5) is 0 Å². The van der Waals surface area contributed by atoms with Gasteiger partial charge in [-0.25, -0.2) is 4.79 Å². The van der Waals surface area contributed by atoms with Crippen LogP contribution in [-0.2, 0) is 6.54 Å². The second kappa shape index (κ2) is 10.6. The van der Waals surface area contributed by atoms with Crippen LogP contribution in [-0.4, -0.2) is 21.6 Å². The maximum absolute atomic E-state index is 13.1. The van der Waals surface area contributed by atoms with Crippen LogP contribution < -0.4 is 5.32 Å². The summed E-state index contributed by atoms with van der Waals surface area (Å²) < 4.78 is 2.27. The molecule has 1 unspecified atom stereocenters. The van der Waals surface area contributed by atoms with Gasteiger partial charge in [0.2, 0.25) is 0 Å². The number of aryl methyl sites for hydroxylation is 2. The van der Waals surface area contributed by atoms with Crippen LogP contribution in [0.3, 0.4) is 0 Å². The number of hydrogen-bond acceptors (Lipinski definition) is 2. The molecule has 0 radical (unpaired) electrons. The fraction of sp³-hybridized carbons (Fsp3) is 0.176. The van der Waals surface area contributed by atoms with Crippen LogP contribution in [0.1, 0.15) is 61.6 Å². The second-order valence-corrected chi connectivity index (χ2v) is 10.1. The molecule has 0 saturated heterocycles. The van der Waals surface area contributed by atoms with E-state index in [-0.39, 0.29) is 11.9 Å². The molecule has 5 nitrogen and oxygen atoms in total. The van der Waals surface area contributed by atoms with Gasteiger partial charge in [0.05, 0.1) is 11.6 Å². The van der Waals surface area contributed by atoms with E-state index in [4.69, 9.17) is 0 Å². The molecule has 1 amide bonds. The number of aromatic carboxylic acids is 1. The van der Waals surface area contributed by atoms with Gasteiger partial charge < -0.3 is 15.0 Å². The number of nitrogens with zero attached hydrogens (tertiary/aromatic N) is 1. The Morgan fingerprint density at radius 1 is 0.872 bits per heavy atom. The number of hydrogen-bond donors (Lipinski definition) is 2. The molecule has 1 atom stereocenters. The van der Waals surface area contributed by atoms with Crippen molar-refractivity contribution in [1.82, 2.24) is 9.88 Å². The van der Waals surface area contributed by atoms with Gasteiger partial charge in [0.1, 0.15) is 0 Å². The highest BCUT2D eigenvalue weighted by molar-refractivity contribution is 5.99. The zero-order valence-electron chi connectivity index (χ0n) is 22.7. The summed E-state index contributed by atoms with van der Waals surface area (Å²) in [5.41, 5.74) is 9.27. The smallest absolute Gasteiger partial charge is 0.336 e. The van der Waals surface area contributed by atoms with E-state index in [0.717, 1.165) is 44.4 Å². The molecule has 4 aromatic carbocycles. The maximum Gasteiger partial charge on any atom is 0.336 e. The minimum atomic E-state index is -0.933. The number of benzene rings is 4. The molecule has 0 spiro atoms. The summed E-state index contributed by atoms with van der Waals surface area (Å²) in [6.45, 7) is 8.94. The van der Waals surface area contributed by atoms with Crippen molar-refractivity contribution >= 4 is 22.8 Å². The fourth-order valence-electron chi connectivity index (χ4n) is 5.32. The van der Waals surface area contributed by atoms with E-state index in [2.05, 4.69) is 42.8 Å². The highest BCUT2D eigenvalue weighted by atomic mass is 16.4. The predicted octanol–water partition coefficient (Wildman–Crippen LogP) is 7.47. The Balaban J connectivity index is 1.39. The third kappa shape index (κ3) is 5.08. The lowest BCUT2D eigenvalue weighted by atomic mass is 9.99. The van der Waals surface area contributed by atoms with Gasteiger partial charge in [0.25, 0.3) is 5.91 Å². The normalized spacial score (nSPS) is 11.9. The number of carbonyl (C=O) groups excluding carboxylic acids is 1. The van der Waals surface area contributed by atoms with Crippen molar-refractivity contribution in [2.45, 2.75) is 40.3 Å². The van der Waals surface area contributed by atoms with E-state index >= 15 is 0 Å². The topological polar surface area (TPSA) is 71.3 Å². The molecule has 0 aliphatic heterocycles. The molecule has 1 aromatic heterocycles. The standard InChI is InChI=1S/C34H32N2O3/c1-21-9-5-6-10-28(21)23(3)35-33(37)27-17-18-32-31(19-27)22(2)24(4)36(32)20-25-13-15-26(16-14-25)29-11-7-8-12-30(29)34(38)39/h5-19,23H,20H2,1-4H3,(H,35,37)(H,38,39). The van der Waals surface area contributed by atoms with Crippen LogP contribution in [0.2, 0.25) is 0 Å². The van der Waals surface area contributed by atoms with Crippen molar-refractivity contribution in [3.8, 4) is 11.1 Å². The third-order valence-electron chi connectivity index (χ3n) is 7.67. The minimum Gasteiger partial charge on any atom is -0.478 e. The maximum atomic E-state index is 13.1. The molecule has 5 aromatic rings. The van der Waals surface area contributed by atoms with E-state index in [9.17, 15) is 14.7 Å². The van der Waals surface area contributed by atoms with Gasteiger partial charge in [0.15, 0.2) is 0 Å². The number of carboxylic acid groups (broad SMARTS) is 1. The molecule has 5 rings (SSSR count). The van der Waals surface area contributed by atoms with Crippen molar-refractivity contribution in [3.63, 3.8) is 0 Å². The molecule has 0 aliphatic carbocycles. The summed E-state index contributed by atoms with van der Waals surface area (Å²) in [7, 11) is 0. The van der Waals surface area contributed by atoms with Gasteiger partial charge >= 0.3 is 5.97 Å². The molecule has 39 heavy (non-hydrogen) atoms. The molecule has 0 fully saturated rings. The first-order valence-electron chi connectivity index (χ1n) is 13.1. The number of fused-ring (bicyclic) bond motifs is 1. The minimum absolute atomic E-state index is 0.0883. The number of rotatable bonds is 7. The average Bonchev–Trinajstić information content (AvgIpc) is 3.17. The van der Waals surface area contributed by atoms with E-state index in [1.54, 1.807) is 12.1 Å². The predicted molar refractivity (Wildman–Crippen MR) is 156 cm³/mol. The lowest BCUT2D eigenvalue weighted by molar-refractivity contribution is 0.0697. The highest BCUT2D eigenvalue weighted by Crippen LogP contribution is 2.29. The molecule has 0 aliphatic rings. The zero-order valence-corrected chi connectivity index (χ0v) is 22.7.